The van der Waals surface area contributed by atoms with E-state index < -0.39 is 0 Å². The molecule has 2 aliphatic heterocycles. The van der Waals surface area contributed by atoms with Crippen LogP contribution in [0.2, 0.25) is 0 Å². The van der Waals surface area contributed by atoms with Crippen molar-refractivity contribution in [3.63, 3.8) is 0 Å². The summed E-state index contributed by atoms with van der Waals surface area (Å²) < 4.78 is 11.4. The fourth-order valence-electron chi connectivity index (χ4n) is 2.60. The van der Waals surface area contributed by atoms with Crippen molar-refractivity contribution < 1.29 is 14.3 Å². The molecule has 1 aromatic rings. The number of ether oxygens (including phenoxy) is 2. The highest BCUT2D eigenvalue weighted by atomic mass is 32.1. The van der Waals surface area contributed by atoms with Gasteiger partial charge in [-0.1, -0.05) is 0 Å². The number of hydrogen-bond acceptors (Lipinski definition) is 5. The molecule has 0 N–H and O–H groups in total. The highest BCUT2D eigenvalue weighted by Crippen LogP contribution is 2.22. The van der Waals surface area contributed by atoms with Gasteiger partial charge in [0.25, 0.3) is 5.91 Å². The molecule has 2 fully saturated rings. The van der Waals surface area contributed by atoms with Gasteiger partial charge in [-0.15, -0.1) is 11.3 Å². The Morgan fingerprint density at radius 2 is 2.26 bits per heavy atom. The molecule has 1 aromatic heterocycles. The van der Waals surface area contributed by atoms with Crippen LogP contribution in [-0.2, 0) is 9.47 Å². The van der Waals surface area contributed by atoms with Crippen LogP contribution in [0.25, 0.3) is 0 Å². The van der Waals surface area contributed by atoms with E-state index in [-0.39, 0.29) is 18.1 Å². The lowest BCUT2D eigenvalue weighted by Crippen LogP contribution is -2.49. The second-order valence-electron chi connectivity index (χ2n) is 4.96. The minimum absolute atomic E-state index is 0.00986. The van der Waals surface area contributed by atoms with E-state index in [2.05, 4.69) is 4.98 Å². The van der Waals surface area contributed by atoms with Crippen LogP contribution in [0.15, 0.2) is 5.38 Å². The van der Waals surface area contributed by atoms with E-state index >= 15 is 0 Å². The number of hydrogen-bond donors (Lipinski definition) is 0. The summed E-state index contributed by atoms with van der Waals surface area (Å²) in [7, 11) is 0. The van der Waals surface area contributed by atoms with Crippen molar-refractivity contribution in [1.82, 2.24) is 9.88 Å². The molecule has 3 rings (SSSR count). The first kappa shape index (κ1) is 13.0. The van der Waals surface area contributed by atoms with Gasteiger partial charge >= 0.3 is 0 Å². The Morgan fingerprint density at radius 1 is 1.42 bits per heavy atom. The molecule has 0 saturated carbocycles. The van der Waals surface area contributed by atoms with E-state index in [1.54, 1.807) is 0 Å². The lowest BCUT2D eigenvalue weighted by atomic mass is 10.1. The van der Waals surface area contributed by atoms with Gasteiger partial charge in [-0.3, -0.25) is 4.79 Å². The molecule has 1 amide bonds. The Balaban J connectivity index is 1.65. The summed E-state index contributed by atoms with van der Waals surface area (Å²) >= 11 is 1.51. The first-order valence-electron chi connectivity index (χ1n) is 6.68. The molecular weight excluding hydrogens is 264 g/mol. The average molecular weight is 282 g/mol. The van der Waals surface area contributed by atoms with Crippen molar-refractivity contribution in [2.75, 3.05) is 26.3 Å². The Bertz CT molecular complexity index is 456. The Kier molecular flexibility index (Phi) is 3.81. The third kappa shape index (κ3) is 2.80. The van der Waals surface area contributed by atoms with E-state index in [0.717, 1.165) is 24.5 Å². The molecule has 0 aliphatic carbocycles. The van der Waals surface area contributed by atoms with E-state index in [4.69, 9.17) is 9.47 Å². The maximum atomic E-state index is 12.3. The zero-order valence-electron chi connectivity index (χ0n) is 11.0. The summed E-state index contributed by atoms with van der Waals surface area (Å²) in [6.07, 6.45) is 2.28. The summed E-state index contributed by atoms with van der Waals surface area (Å²) in [5, 5.41) is 2.75. The fraction of sp³-hybridized carbons (Fsp3) is 0.692. The number of morpholine rings is 1. The van der Waals surface area contributed by atoms with Crippen molar-refractivity contribution in [2.45, 2.75) is 32.0 Å². The number of carbonyl (C=O) groups excluding carboxylic acids is 1. The summed E-state index contributed by atoms with van der Waals surface area (Å²) in [4.78, 5) is 18.4. The average Bonchev–Trinajstić information content (AvgIpc) is 3.09. The van der Waals surface area contributed by atoms with Gasteiger partial charge in [0, 0.05) is 25.1 Å². The molecule has 104 valence electrons. The molecule has 2 atom stereocenters. The van der Waals surface area contributed by atoms with Crippen LogP contribution >= 0.6 is 11.3 Å². The van der Waals surface area contributed by atoms with Gasteiger partial charge in [0.15, 0.2) is 0 Å². The molecule has 0 unspecified atom stereocenters. The molecule has 2 aliphatic rings. The molecule has 3 heterocycles. The van der Waals surface area contributed by atoms with Gasteiger partial charge < -0.3 is 14.4 Å². The minimum Gasteiger partial charge on any atom is -0.375 e. The summed E-state index contributed by atoms with van der Waals surface area (Å²) in [6, 6.07) is 0. The normalized spacial score (nSPS) is 27.7. The second-order valence-corrected chi connectivity index (χ2v) is 6.03. The number of amides is 1. The molecule has 19 heavy (non-hydrogen) atoms. The fourth-order valence-corrected chi connectivity index (χ4v) is 3.19. The lowest BCUT2D eigenvalue weighted by Gasteiger charge is -2.35. The maximum Gasteiger partial charge on any atom is 0.273 e. The number of nitrogens with zero attached hydrogens (tertiary/aromatic N) is 2. The standard InChI is InChI=1S/C13H18N2O3S/c1-9-14-10(8-19-9)13(16)15-4-6-18-12(7-15)11-3-2-5-17-11/h8,11-12H,2-7H2,1H3/t11-,12+/m0/s1. The van der Waals surface area contributed by atoms with Crippen LogP contribution in [0, 0.1) is 6.92 Å². The number of thiazole rings is 1. The maximum absolute atomic E-state index is 12.3. The molecule has 5 nitrogen and oxygen atoms in total. The predicted molar refractivity (Wildman–Crippen MR) is 71.5 cm³/mol. The van der Waals surface area contributed by atoms with Gasteiger partial charge in [-0.2, -0.15) is 0 Å². The molecule has 0 radical (unpaired) electrons. The van der Waals surface area contributed by atoms with Crippen molar-refractivity contribution in [3.05, 3.63) is 16.1 Å². The SMILES string of the molecule is Cc1nc(C(=O)N2CCO[C@@H]([C@@H]3CCCO3)C2)cs1. The van der Waals surface area contributed by atoms with E-state index in [1.807, 2.05) is 17.2 Å². The predicted octanol–water partition coefficient (Wildman–Crippen LogP) is 1.47. The number of aryl methyl sites for hydroxylation is 1. The van der Waals surface area contributed by atoms with Crippen LogP contribution in [0.1, 0.15) is 28.3 Å². The van der Waals surface area contributed by atoms with Crippen molar-refractivity contribution >= 4 is 17.2 Å². The summed E-state index contributed by atoms with van der Waals surface area (Å²) in [5.74, 6) is 0.00986. The number of aromatic nitrogens is 1. The topological polar surface area (TPSA) is 51.7 Å². The summed E-state index contributed by atoms with van der Waals surface area (Å²) in [6.45, 7) is 4.55. The van der Waals surface area contributed by atoms with Crippen LogP contribution in [0.4, 0.5) is 0 Å². The quantitative estimate of drug-likeness (QED) is 0.824. The van der Waals surface area contributed by atoms with Gasteiger partial charge in [0.2, 0.25) is 0 Å². The third-order valence-electron chi connectivity index (χ3n) is 3.60. The highest BCUT2D eigenvalue weighted by molar-refractivity contribution is 7.09. The summed E-state index contributed by atoms with van der Waals surface area (Å²) in [5.41, 5.74) is 0.551. The Morgan fingerprint density at radius 3 is 2.95 bits per heavy atom. The van der Waals surface area contributed by atoms with Gasteiger partial charge in [-0.25, -0.2) is 4.98 Å². The number of carbonyl (C=O) groups is 1. The molecule has 6 heteroatoms. The Labute approximate surface area is 116 Å². The molecule has 0 aromatic carbocycles. The van der Waals surface area contributed by atoms with Gasteiger partial charge in [0.05, 0.1) is 17.7 Å². The second kappa shape index (κ2) is 5.56. The molecular formula is C13H18N2O3S. The molecule has 0 spiro atoms. The van der Waals surface area contributed by atoms with Crippen LogP contribution in [0.5, 0.6) is 0 Å². The van der Waals surface area contributed by atoms with E-state index in [0.29, 0.717) is 25.4 Å². The molecule has 0 bridgehead atoms. The smallest absolute Gasteiger partial charge is 0.273 e. The molecule has 2 saturated heterocycles. The van der Waals surface area contributed by atoms with Gasteiger partial charge in [0.1, 0.15) is 11.8 Å². The van der Waals surface area contributed by atoms with Crippen LogP contribution in [0.3, 0.4) is 0 Å². The largest absolute Gasteiger partial charge is 0.375 e. The van der Waals surface area contributed by atoms with E-state index in [1.165, 1.54) is 11.3 Å². The first-order chi connectivity index (χ1) is 9.24. The van der Waals surface area contributed by atoms with Gasteiger partial charge in [-0.05, 0) is 19.8 Å². The lowest BCUT2D eigenvalue weighted by molar-refractivity contribution is -0.0868. The monoisotopic (exact) mass is 282 g/mol. The van der Waals surface area contributed by atoms with Crippen molar-refractivity contribution in [2.24, 2.45) is 0 Å². The highest BCUT2D eigenvalue weighted by Gasteiger charge is 2.33. The first-order valence-corrected chi connectivity index (χ1v) is 7.56. The number of rotatable bonds is 2. The minimum atomic E-state index is 0.00986. The zero-order chi connectivity index (χ0) is 13.2. The van der Waals surface area contributed by atoms with Crippen LogP contribution in [-0.4, -0.2) is 54.3 Å². The zero-order valence-corrected chi connectivity index (χ0v) is 11.8. The van der Waals surface area contributed by atoms with Crippen molar-refractivity contribution in [3.8, 4) is 0 Å². The van der Waals surface area contributed by atoms with Crippen LogP contribution < -0.4 is 0 Å². The Hall–Kier alpha value is -0.980. The van der Waals surface area contributed by atoms with Crippen molar-refractivity contribution in [1.29, 1.82) is 0 Å². The van der Waals surface area contributed by atoms with E-state index in [9.17, 15) is 4.79 Å². The third-order valence-corrected chi connectivity index (χ3v) is 4.37.